The molecular formula is C12H22N2O3. The molecule has 2 fully saturated rings. The predicted molar refractivity (Wildman–Crippen MR) is 64.1 cm³/mol. The van der Waals surface area contributed by atoms with Crippen LogP contribution in [0.5, 0.6) is 0 Å². The Morgan fingerprint density at radius 2 is 2.35 bits per heavy atom. The van der Waals surface area contributed by atoms with Crippen LogP contribution in [-0.2, 0) is 9.53 Å². The molecule has 2 N–H and O–H groups in total. The SMILES string of the molecule is CC1(C)CCC(CN2CCNCC2C(=O)O)O1. The number of aliphatic carboxylic acids is 1. The van der Waals surface area contributed by atoms with Crippen LogP contribution in [-0.4, -0.2) is 59.9 Å². The molecule has 0 radical (unpaired) electrons. The second-order valence-electron chi connectivity index (χ2n) is 5.59. The summed E-state index contributed by atoms with van der Waals surface area (Å²) >= 11 is 0. The van der Waals surface area contributed by atoms with Gasteiger partial charge >= 0.3 is 5.97 Å². The molecule has 2 rings (SSSR count). The summed E-state index contributed by atoms with van der Waals surface area (Å²) in [5.41, 5.74) is -0.0442. The van der Waals surface area contributed by atoms with Crippen LogP contribution in [0.15, 0.2) is 0 Å². The van der Waals surface area contributed by atoms with Gasteiger partial charge in [0.1, 0.15) is 6.04 Å². The lowest BCUT2D eigenvalue weighted by atomic mass is 10.1. The van der Waals surface area contributed by atoms with Crippen LogP contribution in [0.2, 0.25) is 0 Å². The molecule has 5 heteroatoms. The first-order valence-electron chi connectivity index (χ1n) is 6.33. The van der Waals surface area contributed by atoms with E-state index in [-0.39, 0.29) is 11.7 Å². The van der Waals surface area contributed by atoms with Crippen molar-refractivity contribution in [3.05, 3.63) is 0 Å². The lowest BCUT2D eigenvalue weighted by Crippen LogP contribution is -2.56. The molecule has 2 aliphatic heterocycles. The summed E-state index contributed by atoms with van der Waals surface area (Å²) in [6, 6.07) is -0.406. The van der Waals surface area contributed by atoms with Crippen molar-refractivity contribution < 1.29 is 14.6 Å². The number of carboxylic acids is 1. The minimum absolute atomic E-state index is 0.0442. The van der Waals surface area contributed by atoms with Gasteiger partial charge in [-0.3, -0.25) is 9.69 Å². The van der Waals surface area contributed by atoms with Crippen molar-refractivity contribution in [2.24, 2.45) is 0 Å². The van der Waals surface area contributed by atoms with E-state index in [1.807, 2.05) is 4.90 Å². The third-order valence-corrected chi connectivity index (χ3v) is 3.63. The Morgan fingerprint density at radius 3 is 2.94 bits per heavy atom. The summed E-state index contributed by atoms with van der Waals surface area (Å²) in [5.74, 6) is -0.741. The topological polar surface area (TPSA) is 61.8 Å². The number of carboxylic acid groups (broad SMARTS) is 1. The van der Waals surface area contributed by atoms with Crippen molar-refractivity contribution in [1.82, 2.24) is 10.2 Å². The van der Waals surface area contributed by atoms with E-state index in [2.05, 4.69) is 19.2 Å². The Labute approximate surface area is 102 Å². The number of piperazine rings is 1. The molecule has 2 saturated heterocycles. The highest BCUT2D eigenvalue weighted by molar-refractivity contribution is 5.74. The highest BCUT2D eigenvalue weighted by atomic mass is 16.5. The molecule has 0 aromatic carbocycles. The number of rotatable bonds is 3. The average Bonchev–Trinajstić information content (AvgIpc) is 2.58. The largest absolute Gasteiger partial charge is 0.480 e. The van der Waals surface area contributed by atoms with E-state index < -0.39 is 12.0 Å². The Morgan fingerprint density at radius 1 is 1.59 bits per heavy atom. The lowest BCUT2D eigenvalue weighted by molar-refractivity contribution is -0.144. The molecule has 0 amide bonds. The van der Waals surface area contributed by atoms with Gasteiger partial charge in [0, 0.05) is 26.2 Å². The van der Waals surface area contributed by atoms with Gasteiger partial charge in [-0.15, -0.1) is 0 Å². The van der Waals surface area contributed by atoms with Gasteiger partial charge in [-0.05, 0) is 26.7 Å². The molecular weight excluding hydrogens is 220 g/mol. The normalized spacial score (nSPS) is 33.8. The zero-order chi connectivity index (χ0) is 12.5. The maximum absolute atomic E-state index is 11.1. The minimum Gasteiger partial charge on any atom is -0.480 e. The summed E-state index contributed by atoms with van der Waals surface area (Å²) in [6.07, 6.45) is 2.27. The second kappa shape index (κ2) is 4.92. The molecule has 2 unspecified atom stereocenters. The van der Waals surface area contributed by atoms with Crippen LogP contribution in [0.25, 0.3) is 0 Å². The van der Waals surface area contributed by atoms with E-state index in [0.29, 0.717) is 6.54 Å². The molecule has 5 nitrogen and oxygen atoms in total. The van der Waals surface area contributed by atoms with E-state index in [1.165, 1.54) is 0 Å². The second-order valence-corrected chi connectivity index (χ2v) is 5.59. The van der Waals surface area contributed by atoms with Crippen molar-refractivity contribution in [2.75, 3.05) is 26.2 Å². The summed E-state index contributed by atoms with van der Waals surface area (Å²) in [4.78, 5) is 13.2. The van der Waals surface area contributed by atoms with E-state index >= 15 is 0 Å². The molecule has 2 atom stereocenters. The number of hydrogen-bond donors (Lipinski definition) is 2. The fraction of sp³-hybridized carbons (Fsp3) is 0.917. The number of hydrogen-bond acceptors (Lipinski definition) is 4. The fourth-order valence-corrected chi connectivity index (χ4v) is 2.68. The van der Waals surface area contributed by atoms with Gasteiger partial charge in [0.15, 0.2) is 0 Å². The van der Waals surface area contributed by atoms with Crippen LogP contribution >= 0.6 is 0 Å². The molecule has 0 spiro atoms. The number of nitrogens with one attached hydrogen (secondary N) is 1. The lowest BCUT2D eigenvalue weighted by Gasteiger charge is -2.35. The highest BCUT2D eigenvalue weighted by Gasteiger charge is 2.36. The molecule has 98 valence electrons. The smallest absolute Gasteiger partial charge is 0.322 e. The minimum atomic E-state index is -0.741. The Bertz CT molecular complexity index is 293. The molecule has 2 heterocycles. The van der Waals surface area contributed by atoms with Crippen molar-refractivity contribution in [3.8, 4) is 0 Å². The van der Waals surface area contributed by atoms with E-state index in [4.69, 9.17) is 9.84 Å². The van der Waals surface area contributed by atoms with E-state index in [0.717, 1.165) is 32.5 Å². The van der Waals surface area contributed by atoms with Crippen molar-refractivity contribution >= 4 is 5.97 Å². The Hall–Kier alpha value is -0.650. The monoisotopic (exact) mass is 242 g/mol. The van der Waals surface area contributed by atoms with Gasteiger partial charge in [-0.2, -0.15) is 0 Å². The van der Waals surface area contributed by atoms with Crippen molar-refractivity contribution in [2.45, 2.75) is 44.4 Å². The summed E-state index contributed by atoms with van der Waals surface area (Å²) in [7, 11) is 0. The molecule has 17 heavy (non-hydrogen) atoms. The first-order chi connectivity index (χ1) is 7.98. The maximum atomic E-state index is 11.1. The molecule has 0 bridgehead atoms. The number of ether oxygens (including phenoxy) is 1. The summed E-state index contributed by atoms with van der Waals surface area (Å²) in [6.45, 7) is 7.11. The fourth-order valence-electron chi connectivity index (χ4n) is 2.68. The van der Waals surface area contributed by atoms with Crippen LogP contribution < -0.4 is 5.32 Å². The Kier molecular flexibility index (Phi) is 3.70. The zero-order valence-electron chi connectivity index (χ0n) is 10.6. The first-order valence-corrected chi connectivity index (χ1v) is 6.33. The standard InChI is InChI=1S/C12H22N2O3/c1-12(2)4-3-9(17-12)8-14-6-5-13-7-10(14)11(15)16/h9-10,13H,3-8H2,1-2H3,(H,15,16). The third-order valence-electron chi connectivity index (χ3n) is 3.63. The molecule has 0 aromatic rings. The summed E-state index contributed by atoms with van der Waals surface area (Å²) in [5, 5.41) is 12.3. The summed E-state index contributed by atoms with van der Waals surface area (Å²) < 4.78 is 5.92. The predicted octanol–water partition coefficient (Wildman–Crippen LogP) is 0.302. The van der Waals surface area contributed by atoms with Crippen LogP contribution in [0.3, 0.4) is 0 Å². The van der Waals surface area contributed by atoms with Gasteiger partial charge in [0.05, 0.1) is 11.7 Å². The van der Waals surface area contributed by atoms with E-state index in [1.54, 1.807) is 0 Å². The van der Waals surface area contributed by atoms with Crippen LogP contribution in [0.4, 0.5) is 0 Å². The molecule has 0 aromatic heterocycles. The van der Waals surface area contributed by atoms with Gasteiger partial charge in [0.25, 0.3) is 0 Å². The zero-order valence-corrected chi connectivity index (χ0v) is 10.6. The van der Waals surface area contributed by atoms with Gasteiger partial charge in [-0.1, -0.05) is 0 Å². The Balaban J connectivity index is 1.90. The molecule has 0 saturated carbocycles. The quantitative estimate of drug-likeness (QED) is 0.745. The van der Waals surface area contributed by atoms with Crippen molar-refractivity contribution in [1.29, 1.82) is 0 Å². The molecule has 2 aliphatic rings. The van der Waals surface area contributed by atoms with Crippen molar-refractivity contribution in [3.63, 3.8) is 0 Å². The average molecular weight is 242 g/mol. The number of nitrogens with zero attached hydrogens (tertiary/aromatic N) is 1. The maximum Gasteiger partial charge on any atom is 0.322 e. The van der Waals surface area contributed by atoms with Gasteiger partial charge in [-0.25, -0.2) is 0 Å². The molecule has 0 aliphatic carbocycles. The van der Waals surface area contributed by atoms with E-state index in [9.17, 15) is 4.79 Å². The highest BCUT2D eigenvalue weighted by Crippen LogP contribution is 2.30. The van der Waals surface area contributed by atoms with Gasteiger partial charge < -0.3 is 15.2 Å². The van der Waals surface area contributed by atoms with Crippen LogP contribution in [0.1, 0.15) is 26.7 Å². The van der Waals surface area contributed by atoms with Crippen LogP contribution in [0, 0.1) is 0 Å². The number of carbonyl (C=O) groups is 1. The third kappa shape index (κ3) is 3.18. The first kappa shape index (κ1) is 12.8. The van der Waals surface area contributed by atoms with Gasteiger partial charge in [0.2, 0.25) is 0 Å².